The van der Waals surface area contributed by atoms with E-state index in [1.54, 1.807) is 17.0 Å². The lowest BCUT2D eigenvalue weighted by molar-refractivity contribution is 0.0735. The fourth-order valence-electron chi connectivity index (χ4n) is 2.84. The van der Waals surface area contributed by atoms with Crippen LogP contribution in [0.25, 0.3) is 10.9 Å². The summed E-state index contributed by atoms with van der Waals surface area (Å²) in [5.41, 5.74) is 6.54. The predicted molar refractivity (Wildman–Crippen MR) is 85.4 cm³/mol. The molecule has 0 aliphatic carbocycles. The van der Waals surface area contributed by atoms with Gasteiger partial charge in [-0.25, -0.2) is 0 Å². The lowest BCUT2D eigenvalue weighted by Gasteiger charge is -2.23. The zero-order valence-electron chi connectivity index (χ0n) is 11.4. The zero-order valence-corrected chi connectivity index (χ0v) is 13.0. The summed E-state index contributed by atoms with van der Waals surface area (Å²) in [6, 6.07) is 6.83. The first kappa shape index (κ1) is 14.3. The average molecular weight is 350 g/mol. The van der Waals surface area contributed by atoms with Crippen LogP contribution in [0.15, 0.2) is 33.5 Å². The smallest absolute Gasteiger partial charge is 0.270 e. The third-order valence-corrected chi connectivity index (χ3v) is 4.43. The van der Waals surface area contributed by atoms with Crippen LogP contribution in [-0.4, -0.2) is 34.9 Å². The standard InChI is InChI=1S/C15H16BrN3O2/c16-9-3-4-12-11(6-9)14(20)7-13(18-12)15(21)19-5-1-2-10(19)8-17/h3-4,6-7,10H,1-2,5,8,17H2,(H,18,20)/t10-/m0/s1. The van der Waals surface area contributed by atoms with Crippen LogP contribution in [0.2, 0.25) is 0 Å². The van der Waals surface area contributed by atoms with E-state index in [1.165, 1.54) is 6.07 Å². The summed E-state index contributed by atoms with van der Waals surface area (Å²) in [5.74, 6) is -0.148. The zero-order chi connectivity index (χ0) is 15.0. The van der Waals surface area contributed by atoms with Gasteiger partial charge >= 0.3 is 0 Å². The van der Waals surface area contributed by atoms with Crippen molar-refractivity contribution >= 4 is 32.7 Å². The second-order valence-corrected chi connectivity index (χ2v) is 6.18. The molecule has 1 aromatic heterocycles. The molecule has 1 fully saturated rings. The molecule has 0 radical (unpaired) electrons. The summed E-state index contributed by atoms with van der Waals surface area (Å²) in [7, 11) is 0. The first-order chi connectivity index (χ1) is 10.1. The highest BCUT2D eigenvalue weighted by atomic mass is 79.9. The fourth-order valence-corrected chi connectivity index (χ4v) is 3.20. The Hall–Kier alpha value is -1.66. The van der Waals surface area contributed by atoms with Crippen molar-refractivity contribution in [2.75, 3.05) is 13.1 Å². The number of benzene rings is 1. The van der Waals surface area contributed by atoms with E-state index in [0.29, 0.717) is 29.7 Å². The monoisotopic (exact) mass is 349 g/mol. The van der Waals surface area contributed by atoms with Crippen LogP contribution in [0.1, 0.15) is 23.3 Å². The predicted octanol–water partition coefficient (Wildman–Crippen LogP) is 1.85. The number of aromatic amines is 1. The number of nitrogens with zero attached hydrogens (tertiary/aromatic N) is 1. The number of halogens is 1. The first-order valence-electron chi connectivity index (χ1n) is 6.94. The van der Waals surface area contributed by atoms with Gasteiger partial charge in [-0.3, -0.25) is 9.59 Å². The van der Waals surface area contributed by atoms with Crippen LogP contribution >= 0.6 is 15.9 Å². The molecule has 0 unspecified atom stereocenters. The summed E-state index contributed by atoms with van der Waals surface area (Å²) >= 11 is 3.34. The van der Waals surface area contributed by atoms with E-state index < -0.39 is 0 Å². The molecule has 1 aliphatic rings. The topological polar surface area (TPSA) is 79.2 Å². The van der Waals surface area contributed by atoms with Gasteiger partial charge in [0.15, 0.2) is 5.43 Å². The van der Waals surface area contributed by atoms with Gasteiger partial charge in [0, 0.05) is 40.6 Å². The number of carbonyl (C=O) groups is 1. The highest BCUT2D eigenvalue weighted by Gasteiger charge is 2.29. The van der Waals surface area contributed by atoms with Crippen LogP contribution < -0.4 is 11.2 Å². The van der Waals surface area contributed by atoms with Crippen molar-refractivity contribution in [3.05, 3.63) is 44.7 Å². The van der Waals surface area contributed by atoms with Crippen molar-refractivity contribution in [2.45, 2.75) is 18.9 Å². The third-order valence-electron chi connectivity index (χ3n) is 3.93. The third kappa shape index (κ3) is 2.61. The number of rotatable bonds is 2. The number of hydrogen-bond donors (Lipinski definition) is 2. The molecule has 2 aromatic rings. The largest absolute Gasteiger partial charge is 0.350 e. The fraction of sp³-hybridized carbons (Fsp3) is 0.333. The molecule has 0 bridgehead atoms. The Labute approximate surface area is 130 Å². The molecule has 3 N–H and O–H groups in total. The molecule has 5 nitrogen and oxygen atoms in total. The average Bonchev–Trinajstić information content (AvgIpc) is 2.95. The SMILES string of the molecule is NC[C@@H]1CCCN1C(=O)c1cc(=O)c2cc(Br)ccc2[nH]1. The molecule has 1 amide bonds. The minimum atomic E-state index is -0.156. The first-order valence-corrected chi connectivity index (χ1v) is 7.73. The Morgan fingerprint density at radius 1 is 1.43 bits per heavy atom. The van der Waals surface area contributed by atoms with Gasteiger partial charge in [0.05, 0.1) is 0 Å². The maximum Gasteiger partial charge on any atom is 0.270 e. The molecule has 21 heavy (non-hydrogen) atoms. The molecule has 1 saturated heterocycles. The van der Waals surface area contributed by atoms with E-state index in [2.05, 4.69) is 20.9 Å². The van der Waals surface area contributed by atoms with Gasteiger partial charge in [0.2, 0.25) is 0 Å². The van der Waals surface area contributed by atoms with Crippen molar-refractivity contribution in [1.82, 2.24) is 9.88 Å². The van der Waals surface area contributed by atoms with Gasteiger partial charge in [0.1, 0.15) is 5.69 Å². The molecule has 1 aliphatic heterocycles. The summed E-state index contributed by atoms with van der Waals surface area (Å²) in [4.78, 5) is 29.6. The summed E-state index contributed by atoms with van der Waals surface area (Å²) in [5, 5.41) is 0.567. The summed E-state index contributed by atoms with van der Waals surface area (Å²) in [6.45, 7) is 1.15. The van der Waals surface area contributed by atoms with E-state index in [1.807, 2.05) is 6.07 Å². The minimum Gasteiger partial charge on any atom is -0.350 e. The van der Waals surface area contributed by atoms with Crippen molar-refractivity contribution in [1.29, 1.82) is 0 Å². The van der Waals surface area contributed by atoms with E-state index in [0.717, 1.165) is 17.3 Å². The normalized spacial score (nSPS) is 18.4. The number of likely N-dealkylation sites (tertiary alicyclic amines) is 1. The Bertz CT molecular complexity index is 756. The summed E-state index contributed by atoms with van der Waals surface area (Å²) < 4.78 is 0.835. The van der Waals surface area contributed by atoms with Crippen LogP contribution in [0, 0.1) is 0 Å². The van der Waals surface area contributed by atoms with Gasteiger partial charge in [-0.15, -0.1) is 0 Å². The number of nitrogens with one attached hydrogen (secondary N) is 1. The molecule has 2 heterocycles. The number of H-pyrrole nitrogens is 1. The lowest BCUT2D eigenvalue weighted by Crippen LogP contribution is -2.40. The number of pyridine rings is 1. The van der Waals surface area contributed by atoms with Crippen molar-refractivity contribution in [3.63, 3.8) is 0 Å². The van der Waals surface area contributed by atoms with Crippen molar-refractivity contribution in [2.24, 2.45) is 5.73 Å². The van der Waals surface area contributed by atoms with Gasteiger partial charge < -0.3 is 15.6 Å². The molecule has 0 spiro atoms. The van der Waals surface area contributed by atoms with E-state index in [4.69, 9.17) is 5.73 Å². The molecule has 1 aromatic carbocycles. The number of nitrogens with two attached hydrogens (primary N) is 1. The van der Waals surface area contributed by atoms with E-state index in [9.17, 15) is 9.59 Å². The molecule has 0 saturated carbocycles. The number of amides is 1. The Balaban J connectivity index is 2.03. The molecular weight excluding hydrogens is 334 g/mol. The van der Waals surface area contributed by atoms with Crippen LogP contribution in [-0.2, 0) is 0 Å². The Morgan fingerprint density at radius 3 is 3.00 bits per heavy atom. The van der Waals surface area contributed by atoms with Crippen LogP contribution in [0.4, 0.5) is 0 Å². The Kier molecular flexibility index (Phi) is 3.82. The molecule has 1 atom stereocenters. The highest BCUT2D eigenvalue weighted by Crippen LogP contribution is 2.20. The van der Waals surface area contributed by atoms with Gasteiger partial charge in [-0.2, -0.15) is 0 Å². The van der Waals surface area contributed by atoms with E-state index in [-0.39, 0.29) is 17.4 Å². The number of aromatic nitrogens is 1. The highest BCUT2D eigenvalue weighted by molar-refractivity contribution is 9.10. The summed E-state index contributed by atoms with van der Waals surface area (Å²) in [6.07, 6.45) is 1.88. The quantitative estimate of drug-likeness (QED) is 0.868. The number of hydrogen-bond acceptors (Lipinski definition) is 3. The van der Waals surface area contributed by atoms with Gasteiger partial charge in [-0.05, 0) is 31.0 Å². The van der Waals surface area contributed by atoms with Crippen LogP contribution in [0.5, 0.6) is 0 Å². The number of carbonyl (C=O) groups excluding carboxylic acids is 1. The van der Waals surface area contributed by atoms with Crippen molar-refractivity contribution in [3.8, 4) is 0 Å². The van der Waals surface area contributed by atoms with Gasteiger partial charge in [0.25, 0.3) is 5.91 Å². The maximum atomic E-state index is 12.6. The van der Waals surface area contributed by atoms with E-state index >= 15 is 0 Å². The minimum absolute atomic E-state index is 0.0709. The second-order valence-electron chi connectivity index (χ2n) is 5.27. The maximum absolute atomic E-state index is 12.6. The lowest BCUT2D eigenvalue weighted by atomic mass is 10.1. The van der Waals surface area contributed by atoms with Crippen LogP contribution in [0.3, 0.4) is 0 Å². The van der Waals surface area contributed by atoms with Gasteiger partial charge in [-0.1, -0.05) is 15.9 Å². The second kappa shape index (κ2) is 5.61. The van der Waals surface area contributed by atoms with Crippen molar-refractivity contribution < 1.29 is 4.79 Å². The molecule has 3 rings (SSSR count). The number of fused-ring (bicyclic) bond motifs is 1. The molecule has 6 heteroatoms. The molecule has 110 valence electrons. The Morgan fingerprint density at radius 2 is 2.24 bits per heavy atom. The molecular formula is C15H16BrN3O2.